The summed E-state index contributed by atoms with van der Waals surface area (Å²) in [6.45, 7) is 2.95. The maximum absolute atomic E-state index is 5.56. The summed E-state index contributed by atoms with van der Waals surface area (Å²) in [5.74, 6) is 1.69. The number of aromatic nitrogens is 7. The van der Waals surface area contributed by atoms with Gasteiger partial charge in [0.2, 0.25) is 0 Å². The van der Waals surface area contributed by atoms with Crippen molar-refractivity contribution >= 4 is 11.5 Å². The Morgan fingerprint density at radius 2 is 1.69 bits per heavy atom. The van der Waals surface area contributed by atoms with Gasteiger partial charge in [0.15, 0.2) is 11.5 Å². The van der Waals surface area contributed by atoms with Crippen molar-refractivity contribution in [1.29, 1.82) is 0 Å². The molecular weight excluding hydrogens is 404 g/mol. The Labute approximate surface area is 184 Å². The van der Waals surface area contributed by atoms with Crippen LogP contribution < -0.4 is 4.90 Å². The predicted molar refractivity (Wildman–Crippen MR) is 120 cm³/mol. The van der Waals surface area contributed by atoms with Crippen LogP contribution in [-0.2, 0) is 4.74 Å². The van der Waals surface area contributed by atoms with Crippen molar-refractivity contribution in [2.75, 3.05) is 31.2 Å². The van der Waals surface area contributed by atoms with Gasteiger partial charge in [-0.25, -0.2) is 9.67 Å². The van der Waals surface area contributed by atoms with E-state index in [0.717, 1.165) is 53.0 Å². The quantitative estimate of drug-likeness (QED) is 0.438. The van der Waals surface area contributed by atoms with E-state index in [1.807, 2.05) is 59.2 Å². The number of nitrogens with zero attached hydrogens (tertiary/aromatic N) is 8. The van der Waals surface area contributed by atoms with Gasteiger partial charge in [0.05, 0.1) is 24.6 Å². The second kappa shape index (κ2) is 7.86. The number of ether oxygens (including phenoxy) is 1. The molecule has 9 heteroatoms. The minimum absolute atomic E-state index is 0.684. The Hall–Kier alpha value is -4.11. The first-order valence-corrected chi connectivity index (χ1v) is 10.5. The predicted octanol–water partition coefficient (Wildman–Crippen LogP) is 2.88. The highest BCUT2D eigenvalue weighted by Crippen LogP contribution is 2.25. The van der Waals surface area contributed by atoms with Crippen molar-refractivity contribution in [2.45, 2.75) is 0 Å². The molecule has 6 rings (SSSR count). The number of pyridine rings is 2. The first-order chi connectivity index (χ1) is 15.8. The van der Waals surface area contributed by atoms with Crippen LogP contribution in [0, 0.1) is 0 Å². The van der Waals surface area contributed by atoms with Crippen LogP contribution >= 0.6 is 0 Å². The summed E-state index contributed by atoms with van der Waals surface area (Å²) in [5.41, 5.74) is 4.22. The molecule has 158 valence electrons. The van der Waals surface area contributed by atoms with E-state index in [0.29, 0.717) is 13.2 Å². The van der Waals surface area contributed by atoms with Gasteiger partial charge < -0.3 is 9.64 Å². The molecule has 0 atom stereocenters. The van der Waals surface area contributed by atoms with Gasteiger partial charge >= 0.3 is 0 Å². The third kappa shape index (κ3) is 3.38. The highest BCUT2D eigenvalue weighted by molar-refractivity contribution is 5.66. The molecule has 0 aliphatic carbocycles. The van der Waals surface area contributed by atoms with Gasteiger partial charge in [0.25, 0.3) is 0 Å². The van der Waals surface area contributed by atoms with Crippen LogP contribution in [-0.4, -0.2) is 60.6 Å². The number of anilines is 1. The number of rotatable bonds is 4. The minimum Gasteiger partial charge on any atom is -0.378 e. The molecule has 9 nitrogen and oxygen atoms in total. The van der Waals surface area contributed by atoms with Gasteiger partial charge in [-0.1, -0.05) is 6.07 Å². The zero-order chi connectivity index (χ0) is 21.3. The maximum atomic E-state index is 5.56. The molecule has 1 aliphatic rings. The SMILES string of the molecule is c1ccc(-c2ccn(-c3cc(N4CCOCC4)n4nc(-c5ccncc5)cc4n3)n2)nc1. The molecule has 0 unspecified atom stereocenters. The highest BCUT2D eigenvalue weighted by atomic mass is 16.5. The smallest absolute Gasteiger partial charge is 0.160 e. The van der Waals surface area contributed by atoms with Gasteiger partial charge in [-0.2, -0.15) is 14.7 Å². The van der Waals surface area contributed by atoms with E-state index in [1.165, 1.54) is 0 Å². The lowest BCUT2D eigenvalue weighted by atomic mass is 10.2. The van der Waals surface area contributed by atoms with Crippen molar-refractivity contribution in [1.82, 2.24) is 34.3 Å². The average molecular weight is 424 g/mol. The summed E-state index contributed by atoms with van der Waals surface area (Å²) < 4.78 is 9.24. The Morgan fingerprint density at radius 1 is 0.812 bits per heavy atom. The van der Waals surface area contributed by atoms with E-state index in [1.54, 1.807) is 23.3 Å². The summed E-state index contributed by atoms with van der Waals surface area (Å²) in [5, 5.41) is 9.57. The van der Waals surface area contributed by atoms with Crippen LogP contribution in [0.3, 0.4) is 0 Å². The van der Waals surface area contributed by atoms with Crippen molar-refractivity contribution in [3.8, 4) is 28.5 Å². The lowest BCUT2D eigenvalue weighted by Gasteiger charge is -2.29. The molecule has 6 heterocycles. The molecule has 0 bridgehead atoms. The Bertz CT molecular complexity index is 1360. The number of fused-ring (bicyclic) bond motifs is 1. The summed E-state index contributed by atoms with van der Waals surface area (Å²) in [4.78, 5) is 15.6. The average Bonchev–Trinajstić information content (AvgIpc) is 3.53. The third-order valence-electron chi connectivity index (χ3n) is 5.46. The van der Waals surface area contributed by atoms with Crippen LogP contribution in [0.15, 0.2) is 73.3 Å². The van der Waals surface area contributed by atoms with Crippen molar-refractivity contribution in [2.24, 2.45) is 0 Å². The van der Waals surface area contributed by atoms with Crippen LogP contribution in [0.5, 0.6) is 0 Å². The summed E-state index contributed by atoms with van der Waals surface area (Å²) in [7, 11) is 0. The largest absolute Gasteiger partial charge is 0.378 e. The van der Waals surface area contributed by atoms with Crippen LogP contribution in [0.2, 0.25) is 0 Å². The maximum Gasteiger partial charge on any atom is 0.160 e. The number of hydrogen-bond donors (Lipinski definition) is 0. The summed E-state index contributed by atoms with van der Waals surface area (Å²) >= 11 is 0. The van der Waals surface area contributed by atoms with Crippen LogP contribution in [0.4, 0.5) is 5.82 Å². The van der Waals surface area contributed by atoms with Gasteiger partial charge in [0.1, 0.15) is 11.5 Å². The normalized spacial score (nSPS) is 14.2. The number of morpholine rings is 1. The third-order valence-corrected chi connectivity index (χ3v) is 5.46. The lowest BCUT2D eigenvalue weighted by molar-refractivity contribution is 0.122. The molecule has 1 fully saturated rings. The van der Waals surface area contributed by atoms with E-state index in [9.17, 15) is 0 Å². The molecule has 0 saturated carbocycles. The van der Waals surface area contributed by atoms with E-state index >= 15 is 0 Å². The van der Waals surface area contributed by atoms with Gasteiger partial charge in [-0.05, 0) is 30.3 Å². The lowest BCUT2D eigenvalue weighted by Crippen LogP contribution is -2.37. The number of hydrogen-bond acceptors (Lipinski definition) is 7. The summed E-state index contributed by atoms with van der Waals surface area (Å²) in [6, 6.07) is 15.7. The molecule has 5 aromatic heterocycles. The zero-order valence-corrected chi connectivity index (χ0v) is 17.2. The Kier molecular flexibility index (Phi) is 4.58. The second-order valence-electron chi connectivity index (χ2n) is 7.47. The fourth-order valence-electron chi connectivity index (χ4n) is 3.85. The second-order valence-corrected chi connectivity index (χ2v) is 7.47. The molecule has 0 amide bonds. The highest BCUT2D eigenvalue weighted by Gasteiger charge is 2.19. The zero-order valence-electron chi connectivity index (χ0n) is 17.2. The van der Waals surface area contributed by atoms with Crippen LogP contribution in [0.25, 0.3) is 34.1 Å². The molecule has 0 N–H and O–H groups in total. The fraction of sp³-hybridized carbons (Fsp3) is 0.174. The molecular formula is C23H20N8O. The van der Waals surface area contributed by atoms with Gasteiger partial charge in [0, 0.05) is 55.6 Å². The first kappa shape index (κ1) is 18.6. The minimum atomic E-state index is 0.684. The fourth-order valence-corrected chi connectivity index (χ4v) is 3.85. The van der Waals surface area contributed by atoms with Crippen molar-refractivity contribution in [3.63, 3.8) is 0 Å². The van der Waals surface area contributed by atoms with E-state index < -0.39 is 0 Å². The topological polar surface area (TPSA) is 86.3 Å². The molecule has 32 heavy (non-hydrogen) atoms. The molecule has 1 aliphatic heterocycles. The summed E-state index contributed by atoms with van der Waals surface area (Å²) in [6.07, 6.45) is 7.21. The standard InChI is InChI=1S/C23H20N8O/c1-2-7-25-18(3-1)19-6-10-30(27-19)21-16-23(29-11-13-32-14-12-29)31-22(26-21)15-20(28-31)17-4-8-24-9-5-17/h1-10,15-16H,11-14H2. The van der Waals surface area contributed by atoms with Crippen molar-refractivity contribution < 1.29 is 4.74 Å². The van der Waals surface area contributed by atoms with Gasteiger partial charge in [-0.15, -0.1) is 0 Å². The Morgan fingerprint density at radius 3 is 2.50 bits per heavy atom. The van der Waals surface area contributed by atoms with Gasteiger partial charge in [-0.3, -0.25) is 9.97 Å². The van der Waals surface area contributed by atoms with E-state index in [-0.39, 0.29) is 0 Å². The molecule has 0 spiro atoms. The first-order valence-electron chi connectivity index (χ1n) is 10.5. The monoisotopic (exact) mass is 424 g/mol. The molecule has 0 aromatic carbocycles. The Balaban J connectivity index is 1.48. The van der Waals surface area contributed by atoms with E-state index in [2.05, 4.69) is 14.9 Å². The van der Waals surface area contributed by atoms with Crippen LogP contribution in [0.1, 0.15) is 0 Å². The molecule has 5 aromatic rings. The molecule has 0 radical (unpaired) electrons. The van der Waals surface area contributed by atoms with Crippen molar-refractivity contribution in [3.05, 3.63) is 73.3 Å². The molecule has 1 saturated heterocycles. The van der Waals surface area contributed by atoms with E-state index in [4.69, 9.17) is 19.9 Å².